The number of benzene rings is 1. The molecule has 6 nitrogen and oxygen atoms in total. The summed E-state index contributed by atoms with van der Waals surface area (Å²) in [5.74, 6) is 0.217. The highest BCUT2D eigenvalue weighted by atomic mass is 16.6. The first kappa shape index (κ1) is 16.2. The van der Waals surface area contributed by atoms with Gasteiger partial charge in [0.1, 0.15) is 5.69 Å². The first-order valence-electron chi connectivity index (χ1n) is 6.51. The van der Waals surface area contributed by atoms with Crippen molar-refractivity contribution in [1.82, 2.24) is 0 Å². The molecule has 1 rings (SSSR count). The van der Waals surface area contributed by atoms with Crippen LogP contribution in [0.15, 0.2) is 18.2 Å². The maximum Gasteiger partial charge on any atom is 0.333 e. The van der Waals surface area contributed by atoms with Gasteiger partial charge in [-0.3, -0.25) is 10.1 Å². The molecular formula is C14H22N2O4. The molecule has 0 amide bonds. The van der Waals surface area contributed by atoms with Crippen LogP contribution in [0, 0.1) is 10.1 Å². The summed E-state index contributed by atoms with van der Waals surface area (Å²) in [7, 11) is 0. The zero-order valence-corrected chi connectivity index (χ0v) is 12.6. The van der Waals surface area contributed by atoms with Crippen molar-refractivity contribution in [2.45, 2.75) is 45.8 Å². The highest BCUT2D eigenvalue weighted by molar-refractivity contribution is 5.69. The van der Waals surface area contributed by atoms with Crippen LogP contribution in [0.25, 0.3) is 0 Å². The van der Waals surface area contributed by atoms with Gasteiger partial charge in [0.2, 0.25) is 0 Å². The predicted molar refractivity (Wildman–Crippen MR) is 78.3 cm³/mol. The Labute approximate surface area is 118 Å². The molecule has 0 aliphatic carbocycles. The highest BCUT2D eigenvalue weighted by Gasteiger charge is 2.37. The molecule has 2 N–H and O–H groups in total. The number of nitrogens with zero attached hydrogens (tertiary/aromatic N) is 1. The Kier molecular flexibility index (Phi) is 4.60. The van der Waals surface area contributed by atoms with E-state index in [0.29, 0.717) is 12.3 Å². The normalized spacial score (nSPS) is 12.1. The SMILES string of the molecule is CCOc1cccc(NC(C)(C)C(C)(C)O)c1[N+](=O)[O-]. The molecule has 20 heavy (non-hydrogen) atoms. The molecule has 0 radical (unpaired) electrons. The molecular weight excluding hydrogens is 260 g/mol. The van der Waals surface area contributed by atoms with Crippen LogP contribution in [0.3, 0.4) is 0 Å². The second-order valence-electron chi connectivity index (χ2n) is 5.65. The summed E-state index contributed by atoms with van der Waals surface area (Å²) in [6, 6.07) is 4.85. The molecule has 1 aromatic rings. The number of aliphatic hydroxyl groups is 1. The lowest BCUT2D eigenvalue weighted by atomic mass is 9.85. The molecule has 0 unspecified atom stereocenters. The predicted octanol–water partition coefficient (Wildman–Crippen LogP) is 2.95. The largest absolute Gasteiger partial charge is 0.487 e. The highest BCUT2D eigenvalue weighted by Crippen LogP contribution is 2.37. The molecule has 0 saturated carbocycles. The van der Waals surface area contributed by atoms with Crippen LogP contribution in [0.2, 0.25) is 0 Å². The van der Waals surface area contributed by atoms with Gasteiger partial charge in [0.05, 0.1) is 22.7 Å². The van der Waals surface area contributed by atoms with Crippen LogP contribution >= 0.6 is 0 Å². The molecule has 0 aliphatic rings. The van der Waals surface area contributed by atoms with Crippen molar-refractivity contribution in [1.29, 1.82) is 0 Å². The van der Waals surface area contributed by atoms with E-state index < -0.39 is 16.1 Å². The first-order valence-corrected chi connectivity index (χ1v) is 6.51. The van der Waals surface area contributed by atoms with Gasteiger partial charge in [-0.1, -0.05) is 6.07 Å². The van der Waals surface area contributed by atoms with E-state index in [9.17, 15) is 15.2 Å². The minimum atomic E-state index is -1.05. The number of nitro groups is 1. The second-order valence-corrected chi connectivity index (χ2v) is 5.65. The van der Waals surface area contributed by atoms with Gasteiger partial charge in [-0.05, 0) is 46.8 Å². The molecule has 0 heterocycles. The summed E-state index contributed by atoms with van der Waals surface area (Å²) in [6.07, 6.45) is 0. The van der Waals surface area contributed by atoms with Crippen molar-refractivity contribution in [3.63, 3.8) is 0 Å². The summed E-state index contributed by atoms with van der Waals surface area (Å²) in [6.45, 7) is 8.98. The summed E-state index contributed by atoms with van der Waals surface area (Å²) >= 11 is 0. The molecule has 0 atom stereocenters. The number of hydrogen-bond donors (Lipinski definition) is 2. The number of hydrogen-bond acceptors (Lipinski definition) is 5. The number of para-hydroxylation sites is 1. The Morgan fingerprint density at radius 2 is 1.95 bits per heavy atom. The van der Waals surface area contributed by atoms with Crippen LogP contribution in [-0.4, -0.2) is 27.8 Å². The lowest BCUT2D eigenvalue weighted by Gasteiger charge is -2.38. The molecule has 0 bridgehead atoms. The molecule has 1 aromatic carbocycles. The average molecular weight is 282 g/mol. The number of nitrogens with one attached hydrogen (secondary N) is 1. The third-order valence-corrected chi connectivity index (χ3v) is 3.46. The Morgan fingerprint density at radius 3 is 2.40 bits per heavy atom. The fourth-order valence-corrected chi connectivity index (χ4v) is 1.57. The fourth-order valence-electron chi connectivity index (χ4n) is 1.57. The lowest BCUT2D eigenvalue weighted by Crippen LogP contribution is -2.51. The van der Waals surface area contributed by atoms with Crippen molar-refractivity contribution in [2.75, 3.05) is 11.9 Å². The molecule has 0 fully saturated rings. The topological polar surface area (TPSA) is 84.6 Å². The third-order valence-electron chi connectivity index (χ3n) is 3.46. The summed E-state index contributed by atoms with van der Waals surface area (Å²) in [4.78, 5) is 10.8. The molecule has 0 saturated heterocycles. The second kappa shape index (κ2) is 5.66. The number of ether oxygens (including phenoxy) is 1. The minimum absolute atomic E-state index is 0.119. The molecule has 0 spiro atoms. The third kappa shape index (κ3) is 3.39. The van der Waals surface area contributed by atoms with Crippen molar-refractivity contribution in [3.05, 3.63) is 28.3 Å². The Bertz CT molecular complexity index is 492. The van der Waals surface area contributed by atoms with Gasteiger partial charge >= 0.3 is 5.69 Å². The van der Waals surface area contributed by atoms with Crippen LogP contribution in [-0.2, 0) is 0 Å². The first-order chi connectivity index (χ1) is 9.10. The minimum Gasteiger partial charge on any atom is -0.487 e. The van der Waals surface area contributed by atoms with Gasteiger partial charge < -0.3 is 15.2 Å². The number of nitro benzene ring substituents is 1. The maximum atomic E-state index is 11.3. The zero-order chi connectivity index (χ0) is 15.6. The smallest absolute Gasteiger partial charge is 0.333 e. The molecule has 0 aromatic heterocycles. The van der Waals surface area contributed by atoms with E-state index in [1.54, 1.807) is 52.8 Å². The average Bonchev–Trinajstić information content (AvgIpc) is 2.27. The fraction of sp³-hybridized carbons (Fsp3) is 0.571. The number of rotatable bonds is 6. The summed E-state index contributed by atoms with van der Waals surface area (Å²) in [5.41, 5.74) is -1.59. The summed E-state index contributed by atoms with van der Waals surface area (Å²) < 4.78 is 5.29. The Balaban J connectivity index is 3.25. The van der Waals surface area contributed by atoms with Crippen LogP contribution in [0.4, 0.5) is 11.4 Å². The lowest BCUT2D eigenvalue weighted by molar-refractivity contribution is -0.385. The Morgan fingerprint density at radius 1 is 1.35 bits per heavy atom. The maximum absolute atomic E-state index is 11.3. The Hall–Kier alpha value is -1.82. The summed E-state index contributed by atoms with van der Waals surface area (Å²) in [5, 5.41) is 24.5. The molecule has 6 heteroatoms. The standard InChI is InChI=1S/C14H22N2O4/c1-6-20-11-9-7-8-10(12(11)16(18)19)15-13(2,3)14(4,5)17/h7-9,15,17H,6H2,1-5H3. The van der Waals surface area contributed by atoms with Crippen molar-refractivity contribution >= 4 is 11.4 Å². The zero-order valence-electron chi connectivity index (χ0n) is 12.6. The van der Waals surface area contributed by atoms with Crippen LogP contribution in [0.1, 0.15) is 34.6 Å². The van der Waals surface area contributed by atoms with Gasteiger partial charge in [-0.15, -0.1) is 0 Å². The van der Waals surface area contributed by atoms with Crippen molar-refractivity contribution in [3.8, 4) is 5.75 Å². The van der Waals surface area contributed by atoms with E-state index in [0.717, 1.165) is 0 Å². The van der Waals surface area contributed by atoms with Crippen LogP contribution < -0.4 is 10.1 Å². The van der Waals surface area contributed by atoms with Crippen LogP contribution in [0.5, 0.6) is 5.75 Å². The van der Waals surface area contributed by atoms with E-state index in [4.69, 9.17) is 4.74 Å². The van der Waals surface area contributed by atoms with Crippen molar-refractivity contribution in [2.24, 2.45) is 0 Å². The molecule has 0 aliphatic heterocycles. The molecule has 112 valence electrons. The van der Waals surface area contributed by atoms with Crippen molar-refractivity contribution < 1.29 is 14.8 Å². The van der Waals surface area contributed by atoms with Gasteiger partial charge in [0.15, 0.2) is 5.75 Å². The van der Waals surface area contributed by atoms with Gasteiger partial charge in [-0.2, -0.15) is 0 Å². The van der Waals surface area contributed by atoms with E-state index in [1.807, 2.05) is 0 Å². The van der Waals surface area contributed by atoms with E-state index in [-0.39, 0.29) is 11.4 Å². The number of anilines is 1. The van der Waals surface area contributed by atoms with Gasteiger partial charge in [-0.25, -0.2) is 0 Å². The monoisotopic (exact) mass is 282 g/mol. The van der Waals surface area contributed by atoms with E-state index >= 15 is 0 Å². The van der Waals surface area contributed by atoms with Gasteiger partial charge in [0, 0.05) is 0 Å². The van der Waals surface area contributed by atoms with E-state index in [2.05, 4.69) is 5.32 Å². The van der Waals surface area contributed by atoms with Gasteiger partial charge in [0.25, 0.3) is 0 Å². The quantitative estimate of drug-likeness (QED) is 0.619. The van der Waals surface area contributed by atoms with E-state index in [1.165, 1.54) is 0 Å².